The molecule has 2 atom stereocenters. The Balaban J connectivity index is 4.64. The molecule has 7 nitrogen and oxygen atoms in total. The fourth-order valence-corrected chi connectivity index (χ4v) is 1.19. The van der Waals surface area contributed by atoms with Crippen molar-refractivity contribution in [3.63, 3.8) is 0 Å². The van der Waals surface area contributed by atoms with Gasteiger partial charge in [0.15, 0.2) is 0 Å². The SMILES string of the molecule is C#CCNC(=O)[C@@H](NC(=O)[C@H](C)N=[N+]=[N-])C(C)C. The van der Waals surface area contributed by atoms with Crippen LogP contribution in [0.2, 0.25) is 0 Å². The molecule has 18 heavy (non-hydrogen) atoms. The third-order valence-corrected chi connectivity index (χ3v) is 2.22. The number of carbonyl (C=O) groups excluding carboxylic acids is 2. The van der Waals surface area contributed by atoms with Gasteiger partial charge in [-0.15, -0.1) is 6.42 Å². The summed E-state index contributed by atoms with van der Waals surface area (Å²) in [5, 5.41) is 8.28. The molecule has 0 aliphatic carbocycles. The zero-order valence-electron chi connectivity index (χ0n) is 10.7. The van der Waals surface area contributed by atoms with Gasteiger partial charge in [0.1, 0.15) is 12.1 Å². The summed E-state index contributed by atoms with van der Waals surface area (Å²) in [6.45, 7) is 5.13. The normalized spacial score (nSPS) is 12.8. The first-order chi connectivity index (χ1) is 8.43. The quantitative estimate of drug-likeness (QED) is 0.311. The molecule has 0 saturated carbocycles. The lowest BCUT2D eigenvalue weighted by Gasteiger charge is -2.22. The molecule has 0 aromatic heterocycles. The predicted molar refractivity (Wildman–Crippen MR) is 67.2 cm³/mol. The maximum Gasteiger partial charge on any atom is 0.243 e. The molecule has 0 aliphatic heterocycles. The molecule has 2 amide bonds. The highest BCUT2D eigenvalue weighted by Gasteiger charge is 2.25. The van der Waals surface area contributed by atoms with Gasteiger partial charge < -0.3 is 10.6 Å². The van der Waals surface area contributed by atoms with Crippen molar-refractivity contribution < 1.29 is 9.59 Å². The van der Waals surface area contributed by atoms with Crippen LogP contribution in [-0.2, 0) is 9.59 Å². The lowest BCUT2D eigenvalue weighted by atomic mass is 10.0. The first-order valence-corrected chi connectivity index (χ1v) is 5.49. The number of amides is 2. The van der Waals surface area contributed by atoms with Crippen LogP contribution >= 0.6 is 0 Å². The third kappa shape index (κ3) is 5.23. The number of nitrogens with zero attached hydrogens (tertiary/aromatic N) is 3. The topological polar surface area (TPSA) is 107 Å². The number of carbonyl (C=O) groups is 2. The Bertz CT molecular complexity index is 393. The summed E-state index contributed by atoms with van der Waals surface area (Å²) in [5.74, 6) is 1.32. The number of rotatable bonds is 6. The molecule has 0 unspecified atom stereocenters. The van der Waals surface area contributed by atoms with Crippen LogP contribution in [0.25, 0.3) is 10.4 Å². The Morgan fingerprint density at radius 1 is 1.39 bits per heavy atom. The van der Waals surface area contributed by atoms with Crippen LogP contribution < -0.4 is 10.6 Å². The molecule has 0 aliphatic rings. The van der Waals surface area contributed by atoms with Gasteiger partial charge in [-0.05, 0) is 18.4 Å². The molecule has 0 aromatic carbocycles. The van der Waals surface area contributed by atoms with Gasteiger partial charge in [-0.2, -0.15) is 0 Å². The van der Waals surface area contributed by atoms with Crippen molar-refractivity contribution in [2.24, 2.45) is 11.0 Å². The summed E-state index contributed by atoms with van der Waals surface area (Å²) in [6, 6.07) is -1.57. The van der Waals surface area contributed by atoms with Gasteiger partial charge in [-0.25, -0.2) is 0 Å². The lowest BCUT2D eigenvalue weighted by molar-refractivity contribution is -0.130. The number of azide groups is 1. The highest BCUT2D eigenvalue weighted by molar-refractivity contribution is 5.89. The fraction of sp³-hybridized carbons (Fsp3) is 0.636. The molecule has 0 rings (SSSR count). The van der Waals surface area contributed by atoms with E-state index in [1.54, 1.807) is 13.8 Å². The van der Waals surface area contributed by atoms with Gasteiger partial charge in [0.05, 0.1) is 6.54 Å². The first-order valence-electron chi connectivity index (χ1n) is 5.49. The molecule has 0 aromatic rings. The summed E-state index contributed by atoms with van der Waals surface area (Å²) in [4.78, 5) is 25.9. The van der Waals surface area contributed by atoms with E-state index >= 15 is 0 Å². The first kappa shape index (κ1) is 15.8. The fourth-order valence-electron chi connectivity index (χ4n) is 1.19. The van der Waals surface area contributed by atoms with E-state index in [-0.39, 0.29) is 18.4 Å². The molecule has 0 bridgehead atoms. The number of terminal acetylenes is 1. The van der Waals surface area contributed by atoms with Gasteiger partial charge in [0, 0.05) is 4.91 Å². The monoisotopic (exact) mass is 251 g/mol. The van der Waals surface area contributed by atoms with E-state index in [9.17, 15) is 9.59 Å². The minimum absolute atomic E-state index is 0.101. The second kappa shape index (κ2) is 7.98. The summed E-state index contributed by atoms with van der Waals surface area (Å²) < 4.78 is 0. The van der Waals surface area contributed by atoms with Crippen molar-refractivity contribution in [1.29, 1.82) is 0 Å². The number of hydrogen-bond donors (Lipinski definition) is 2. The van der Waals surface area contributed by atoms with Crippen LogP contribution in [0.15, 0.2) is 5.11 Å². The highest BCUT2D eigenvalue weighted by Crippen LogP contribution is 2.03. The van der Waals surface area contributed by atoms with E-state index in [0.717, 1.165) is 0 Å². The molecular weight excluding hydrogens is 234 g/mol. The van der Waals surface area contributed by atoms with E-state index in [0.29, 0.717) is 0 Å². The third-order valence-electron chi connectivity index (χ3n) is 2.22. The zero-order chi connectivity index (χ0) is 14.1. The Morgan fingerprint density at radius 3 is 2.44 bits per heavy atom. The standard InChI is InChI=1S/C11H17N5O2/c1-5-6-13-11(18)9(7(2)3)14-10(17)8(4)15-16-12/h1,7-9H,6H2,2-4H3,(H,13,18)(H,14,17)/t8-,9-/m0/s1. The molecule has 0 fully saturated rings. The Labute approximate surface area is 106 Å². The predicted octanol–water partition coefficient (Wildman–Crippen LogP) is 0.575. The number of nitrogens with one attached hydrogen (secondary N) is 2. The largest absolute Gasteiger partial charge is 0.344 e. The van der Waals surface area contributed by atoms with Gasteiger partial charge in [-0.3, -0.25) is 9.59 Å². The molecular formula is C11H17N5O2. The lowest BCUT2D eigenvalue weighted by Crippen LogP contribution is -2.51. The smallest absolute Gasteiger partial charge is 0.243 e. The Morgan fingerprint density at radius 2 is 2.00 bits per heavy atom. The maximum atomic E-state index is 11.7. The van der Waals surface area contributed by atoms with Crippen molar-refractivity contribution in [1.82, 2.24) is 10.6 Å². The van der Waals surface area contributed by atoms with E-state index in [1.807, 2.05) is 0 Å². The van der Waals surface area contributed by atoms with Crippen LogP contribution in [0.5, 0.6) is 0 Å². The number of hydrogen-bond acceptors (Lipinski definition) is 3. The van der Waals surface area contributed by atoms with Crippen molar-refractivity contribution in [3.8, 4) is 12.3 Å². The summed E-state index contributed by atoms with van der Waals surface area (Å²) in [6.07, 6.45) is 5.03. The van der Waals surface area contributed by atoms with Crippen molar-refractivity contribution in [2.45, 2.75) is 32.9 Å². The highest BCUT2D eigenvalue weighted by atomic mass is 16.2. The van der Waals surface area contributed by atoms with Crippen LogP contribution in [0.4, 0.5) is 0 Å². The van der Waals surface area contributed by atoms with Crippen LogP contribution in [0, 0.1) is 18.3 Å². The molecule has 7 heteroatoms. The molecule has 0 saturated heterocycles. The second-order valence-electron chi connectivity index (χ2n) is 4.03. The van der Waals surface area contributed by atoms with E-state index < -0.39 is 18.0 Å². The zero-order valence-corrected chi connectivity index (χ0v) is 10.7. The molecule has 0 radical (unpaired) electrons. The van der Waals surface area contributed by atoms with Gasteiger partial charge in [0.2, 0.25) is 11.8 Å². The molecule has 0 spiro atoms. The average molecular weight is 251 g/mol. The molecule has 0 heterocycles. The van der Waals surface area contributed by atoms with Crippen molar-refractivity contribution >= 4 is 11.8 Å². The van der Waals surface area contributed by atoms with E-state index in [4.69, 9.17) is 12.0 Å². The second-order valence-corrected chi connectivity index (χ2v) is 4.03. The van der Waals surface area contributed by atoms with Crippen molar-refractivity contribution in [3.05, 3.63) is 10.4 Å². The van der Waals surface area contributed by atoms with E-state index in [2.05, 4.69) is 26.6 Å². The van der Waals surface area contributed by atoms with Gasteiger partial charge >= 0.3 is 0 Å². The summed E-state index contributed by atoms with van der Waals surface area (Å²) in [7, 11) is 0. The molecule has 2 N–H and O–H groups in total. The average Bonchev–Trinajstić information content (AvgIpc) is 2.32. The molecule has 98 valence electrons. The van der Waals surface area contributed by atoms with E-state index in [1.165, 1.54) is 6.92 Å². The Kier molecular flexibility index (Phi) is 7.01. The Hall–Kier alpha value is -2.19. The summed E-state index contributed by atoms with van der Waals surface area (Å²) >= 11 is 0. The van der Waals surface area contributed by atoms with Crippen LogP contribution in [0.3, 0.4) is 0 Å². The van der Waals surface area contributed by atoms with Crippen LogP contribution in [-0.4, -0.2) is 30.4 Å². The van der Waals surface area contributed by atoms with Gasteiger partial charge in [-0.1, -0.05) is 24.9 Å². The van der Waals surface area contributed by atoms with Crippen molar-refractivity contribution in [2.75, 3.05) is 6.54 Å². The maximum absolute atomic E-state index is 11.7. The minimum atomic E-state index is -0.864. The summed E-state index contributed by atoms with van der Waals surface area (Å²) in [5.41, 5.74) is 8.23. The van der Waals surface area contributed by atoms with Gasteiger partial charge in [0.25, 0.3) is 0 Å². The van der Waals surface area contributed by atoms with Crippen LogP contribution in [0.1, 0.15) is 20.8 Å². The minimum Gasteiger partial charge on any atom is -0.344 e.